The Bertz CT molecular complexity index is 664. The van der Waals surface area contributed by atoms with Gasteiger partial charge in [-0.2, -0.15) is 0 Å². The van der Waals surface area contributed by atoms with E-state index >= 15 is 0 Å². The first kappa shape index (κ1) is 13.7. The number of rotatable bonds is 5. The molecule has 0 saturated heterocycles. The van der Waals surface area contributed by atoms with Gasteiger partial charge in [0.2, 0.25) is 0 Å². The minimum Gasteiger partial charge on any atom is -0.366 e. The fourth-order valence-electron chi connectivity index (χ4n) is 1.69. The highest BCUT2D eigenvalue weighted by atomic mass is 16.6. The first-order chi connectivity index (χ1) is 9.58. The molecule has 1 aromatic heterocycles. The Kier molecular flexibility index (Phi) is 4.09. The maximum Gasteiger partial charge on any atom is 0.269 e. The molecule has 0 fully saturated rings. The van der Waals surface area contributed by atoms with Gasteiger partial charge in [-0.25, -0.2) is 4.98 Å². The topological polar surface area (TPSA) is 101 Å². The normalized spacial score (nSPS) is 10.2. The summed E-state index contributed by atoms with van der Waals surface area (Å²) in [6.07, 6.45) is 0.641. The molecule has 0 bridgehead atoms. The number of hydrogen-bond acceptors (Lipinski definition) is 5. The van der Waals surface area contributed by atoms with Gasteiger partial charge in [0.1, 0.15) is 11.6 Å². The molecular weight excluding hydrogens is 260 g/mol. The summed E-state index contributed by atoms with van der Waals surface area (Å²) in [6, 6.07) is 7.60. The van der Waals surface area contributed by atoms with E-state index in [0.29, 0.717) is 24.6 Å². The van der Waals surface area contributed by atoms with Gasteiger partial charge in [0, 0.05) is 31.2 Å². The molecule has 1 heterocycles. The zero-order valence-corrected chi connectivity index (χ0v) is 10.9. The monoisotopic (exact) mass is 274 g/mol. The predicted octanol–water partition coefficient (Wildman–Crippen LogP) is 1.85. The number of aromatic amines is 1. The van der Waals surface area contributed by atoms with Crippen molar-refractivity contribution in [2.45, 2.75) is 19.9 Å². The third kappa shape index (κ3) is 3.41. The largest absolute Gasteiger partial charge is 0.366 e. The summed E-state index contributed by atoms with van der Waals surface area (Å²) in [5, 5.41) is 13.6. The maximum absolute atomic E-state index is 11.4. The summed E-state index contributed by atoms with van der Waals surface area (Å²) in [5.41, 5.74) is 0.718. The van der Waals surface area contributed by atoms with Gasteiger partial charge < -0.3 is 10.3 Å². The van der Waals surface area contributed by atoms with Crippen molar-refractivity contribution in [3.63, 3.8) is 0 Å². The summed E-state index contributed by atoms with van der Waals surface area (Å²) in [7, 11) is 0. The van der Waals surface area contributed by atoms with E-state index in [0.717, 1.165) is 5.56 Å². The molecule has 2 N–H and O–H groups in total. The lowest BCUT2D eigenvalue weighted by atomic mass is 10.2. The molecule has 20 heavy (non-hydrogen) atoms. The van der Waals surface area contributed by atoms with Crippen LogP contribution in [0.4, 0.5) is 11.5 Å². The number of nitrogens with one attached hydrogen (secondary N) is 2. The molecule has 0 aliphatic heterocycles. The Morgan fingerprint density at radius 2 is 2.05 bits per heavy atom. The standard InChI is InChI=1S/C13H14N4O3/c1-2-11-15-12(7-13(18)16-11)14-8-9-3-5-10(6-4-9)17(19)20/h3-7H,2,8H2,1H3,(H2,14,15,16,18). The molecular formula is C13H14N4O3. The van der Waals surface area contributed by atoms with Gasteiger partial charge >= 0.3 is 0 Å². The number of hydrogen-bond donors (Lipinski definition) is 2. The molecule has 0 saturated carbocycles. The van der Waals surface area contributed by atoms with Crippen LogP contribution in [-0.4, -0.2) is 14.9 Å². The number of nitro groups is 1. The smallest absolute Gasteiger partial charge is 0.269 e. The lowest BCUT2D eigenvalue weighted by Crippen LogP contribution is -2.13. The Morgan fingerprint density at radius 1 is 1.35 bits per heavy atom. The number of aryl methyl sites for hydroxylation is 1. The van der Waals surface area contributed by atoms with Crippen LogP contribution in [0.25, 0.3) is 0 Å². The molecule has 104 valence electrons. The molecule has 7 heteroatoms. The fraction of sp³-hybridized carbons (Fsp3) is 0.231. The second kappa shape index (κ2) is 5.96. The highest BCUT2D eigenvalue weighted by Crippen LogP contribution is 2.12. The molecule has 1 aromatic carbocycles. The third-order valence-corrected chi connectivity index (χ3v) is 2.75. The van der Waals surface area contributed by atoms with Crippen molar-refractivity contribution in [3.05, 3.63) is 62.2 Å². The lowest BCUT2D eigenvalue weighted by molar-refractivity contribution is -0.384. The van der Waals surface area contributed by atoms with Crippen molar-refractivity contribution in [3.8, 4) is 0 Å². The van der Waals surface area contributed by atoms with Gasteiger partial charge in [-0.15, -0.1) is 0 Å². The molecule has 0 spiro atoms. The SMILES string of the molecule is CCc1nc(NCc2ccc([N+](=O)[O-])cc2)cc(=O)[nH]1. The minimum atomic E-state index is -0.441. The lowest BCUT2D eigenvalue weighted by Gasteiger charge is -2.06. The summed E-state index contributed by atoms with van der Waals surface area (Å²) < 4.78 is 0. The zero-order valence-electron chi connectivity index (χ0n) is 10.9. The van der Waals surface area contributed by atoms with E-state index in [-0.39, 0.29) is 11.2 Å². The average Bonchev–Trinajstić information content (AvgIpc) is 2.45. The van der Waals surface area contributed by atoms with Gasteiger partial charge in [0.25, 0.3) is 11.2 Å². The van der Waals surface area contributed by atoms with Gasteiger partial charge in [0.05, 0.1) is 4.92 Å². The van der Waals surface area contributed by atoms with Gasteiger partial charge in [-0.05, 0) is 5.56 Å². The van der Waals surface area contributed by atoms with E-state index in [2.05, 4.69) is 15.3 Å². The fourth-order valence-corrected chi connectivity index (χ4v) is 1.69. The van der Waals surface area contributed by atoms with Crippen LogP contribution in [0.2, 0.25) is 0 Å². The number of non-ortho nitro benzene ring substituents is 1. The summed E-state index contributed by atoms with van der Waals surface area (Å²) in [5.74, 6) is 1.10. The summed E-state index contributed by atoms with van der Waals surface area (Å²) in [6.45, 7) is 2.34. The molecule has 0 aliphatic carbocycles. The molecule has 2 aromatic rings. The second-order valence-corrected chi connectivity index (χ2v) is 4.21. The average molecular weight is 274 g/mol. The Labute approximate surface area is 114 Å². The van der Waals surface area contributed by atoms with Gasteiger partial charge in [-0.1, -0.05) is 19.1 Å². The van der Waals surface area contributed by atoms with E-state index in [4.69, 9.17) is 0 Å². The van der Waals surface area contributed by atoms with Crippen molar-refractivity contribution in [1.29, 1.82) is 0 Å². The van der Waals surface area contributed by atoms with E-state index in [1.54, 1.807) is 12.1 Å². The Morgan fingerprint density at radius 3 is 2.65 bits per heavy atom. The maximum atomic E-state index is 11.4. The first-order valence-electron chi connectivity index (χ1n) is 6.16. The number of nitro benzene ring substituents is 1. The summed E-state index contributed by atoms with van der Waals surface area (Å²) in [4.78, 5) is 28.4. The van der Waals surface area contributed by atoms with Crippen LogP contribution < -0.4 is 10.9 Å². The molecule has 0 aliphatic rings. The quantitative estimate of drug-likeness (QED) is 0.640. The van der Waals surface area contributed by atoms with Crippen molar-refractivity contribution in [2.75, 3.05) is 5.32 Å². The molecule has 0 amide bonds. The molecule has 0 radical (unpaired) electrons. The van der Waals surface area contributed by atoms with Gasteiger partial charge in [0.15, 0.2) is 0 Å². The zero-order chi connectivity index (χ0) is 14.5. The minimum absolute atomic E-state index is 0.0521. The van der Waals surface area contributed by atoms with Crippen LogP contribution in [0.5, 0.6) is 0 Å². The van der Waals surface area contributed by atoms with Crippen LogP contribution >= 0.6 is 0 Å². The van der Waals surface area contributed by atoms with Crippen molar-refractivity contribution in [1.82, 2.24) is 9.97 Å². The van der Waals surface area contributed by atoms with E-state index in [9.17, 15) is 14.9 Å². The van der Waals surface area contributed by atoms with E-state index < -0.39 is 4.92 Å². The number of nitrogens with zero attached hydrogens (tertiary/aromatic N) is 2. The summed E-state index contributed by atoms with van der Waals surface area (Å²) >= 11 is 0. The molecule has 0 unspecified atom stereocenters. The van der Waals surface area contributed by atoms with Crippen molar-refractivity contribution in [2.24, 2.45) is 0 Å². The molecule has 0 atom stereocenters. The Balaban J connectivity index is 2.06. The number of benzene rings is 1. The predicted molar refractivity (Wildman–Crippen MR) is 74.7 cm³/mol. The highest BCUT2D eigenvalue weighted by Gasteiger charge is 2.04. The molecule has 7 nitrogen and oxygen atoms in total. The van der Waals surface area contributed by atoms with Crippen molar-refractivity contribution < 1.29 is 4.92 Å². The van der Waals surface area contributed by atoms with Crippen LogP contribution in [0, 0.1) is 10.1 Å². The second-order valence-electron chi connectivity index (χ2n) is 4.21. The van der Waals surface area contributed by atoms with E-state index in [1.807, 2.05) is 6.92 Å². The highest BCUT2D eigenvalue weighted by molar-refractivity contribution is 5.37. The van der Waals surface area contributed by atoms with Gasteiger partial charge in [-0.3, -0.25) is 14.9 Å². The van der Waals surface area contributed by atoms with E-state index in [1.165, 1.54) is 18.2 Å². The number of anilines is 1. The van der Waals surface area contributed by atoms with Crippen LogP contribution in [0.3, 0.4) is 0 Å². The molecule has 2 rings (SSSR count). The number of aromatic nitrogens is 2. The first-order valence-corrected chi connectivity index (χ1v) is 6.16. The van der Waals surface area contributed by atoms with Crippen molar-refractivity contribution >= 4 is 11.5 Å². The van der Waals surface area contributed by atoms with Crippen LogP contribution in [0.1, 0.15) is 18.3 Å². The van der Waals surface area contributed by atoms with Crippen LogP contribution in [0.15, 0.2) is 35.1 Å². The third-order valence-electron chi connectivity index (χ3n) is 2.75. The van der Waals surface area contributed by atoms with Crippen LogP contribution in [-0.2, 0) is 13.0 Å². The number of H-pyrrole nitrogens is 1. The Hall–Kier alpha value is -2.70.